The van der Waals surface area contributed by atoms with Crippen molar-refractivity contribution >= 4 is 44.3 Å². The fourth-order valence-corrected chi connectivity index (χ4v) is 3.87. The van der Waals surface area contributed by atoms with Crippen LogP contribution in [0.25, 0.3) is 16.7 Å². The molecule has 7 nitrogen and oxygen atoms in total. The van der Waals surface area contributed by atoms with E-state index in [0.717, 1.165) is 11.1 Å². The molecule has 3 aromatic rings. The van der Waals surface area contributed by atoms with Gasteiger partial charge >= 0.3 is 0 Å². The number of fused-ring (bicyclic) bond motifs is 1. The van der Waals surface area contributed by atoms with Crippen LogP contribution in [0.4, 0.5) is 11.5 Å². The molecule has 1 aliphatic rings. The van der Waals surface area contributed by atoms with Gasteiger partial charge in [-0.15, -0.1) is 0 Å². The number of anilines is 2. The van der Waals surface area contributed by atoms with Crippen LogP contribution in [0, 0.1) is 0 Å². The monoisotopic (exact) mass is 398 g/mol. The van der Waals surface area contributed by atoms with Crippen molar-refractivity contribution in [3.63, 3.8) is 0 Å². The van der Waals surface area contributed by atoms with Crippen LogP contribution in [0.2, 0.25) is 0 Å². The van der Waals surface area contributed by atoms with E-state index in [9.17, 15) is 13.2 Å². The molecular formula is C18H14N4O3S2. The van der Waals surface area contributed by atoms with Gasteiger partial charge in [-0.05, 0) is 52.7 Å². The average Bonchev–Trinajstić information content (AvgIpc) is 3.26. The lowest BCUT2D eigenvalue weighted by Gasteiger charge is -2.05. The van der Waals surface area contributed by atoms with Crippen LogP contribution < -0.4 is 15.8 Å². The zero-order valence-corrected chi connectivity index (χ0v) is 15.5. The Hall–Kier alpha value is -3.01. The number of nitrogens with zero attached hydrogens (tertiary/aromatic N) is 1. The normalized spacial score (nSPS) is 14.9. The largest absolute Gasteiger partial charge is 0.361 e. The maximum atomic E-state index is 12.3. The maximum absolute atomic E-state index is 12.3. The second-order valence-corrected chi connectivity index (χ2v) is 8.20. The summed E-state index contributed by atoms with van der Waals surface area (Å²) in [5.41, 5.74) is 3.75. The molecule has 0 atom stereocenters. The zero-order chi connectivity index (χ0) is 19.0. The number of aromatic nitrogens is 1. The van der Waals surface area contributed by atoms with E-state index >= 15 is 0 Å². The lowest BCUT2D eigenvalue weighted by molar-refractivity contribution is -0.110. The molecular weight excluding hydrogens is 384 g/mol. The van der Waals surface area contributed by atoms with Gasteiger partial charge in [-0.3, -0.25) is 4.79 Å². The van der Waals surface area contributed by atoms with Gasteiger partial charge in [-0.25, -0.2) is 18.5 Å². The van der Waals surface area contributed by atoms with Gasteiger partial charge in [0, 0.05) is 29.2 Å². The Bertz CT molecular complexity index is 1150. The van der Waals surface area contributed by atoms with Gasteiger partial charge in [0.15, 0.2) is 0 Å². The Labute approximate surface area is 159 Å². The van der Waals surface area contributed by atoms with E-state index in [1.165, 1.54) is 12.1 Å². The molecule has 0 spiro atoms. The summed E-state index contributed by atoms with van der Waals surface area (Å²) in [7, 11) is -3.74. The molecule has 9 heteroatoms. The molecule has 27 heavy (non-hydrogen) atoms. The number of benzene rings is 1. The van der Waals surface area contributed by atoms with Gasteiger partial charge < -0.3 is 10.6 Å². The first-order chi connectivity index (χ1) is 12.9. The summed E-state index contributed by atoms with van der Waals surface area (Å²) in [6, 6.07) is 9.85. The van der Waals surface area contributed by atoms with Crippen LogP contribution in [-0.2, 0) is 14.8 Å². The molecule has 136 valence electrons. The van der Waals surface area contributed by atoms with Crippen LogP contribution in [0.1, 0.15) is 5.56 Å². The topological polar surface area (TPSA) is 114 Å². The minimum atomic E-state index is -3.74. The zero-order valence-electron chi connectivity index (χ0n) is 13.8. The second kappa shape index (κ2) is 6.62. The molecule has 0 saturated heterocycles. The van der Waals surface area contributed by atoms with E-state index in [1.807, 2.05) is 22.9 Å². The van der Waals surface area contributed by atoms with Crippen LogP contribution in [0.3, 0.4) is 0 Å². The molecule has 4 rings (SSSR count). The van der Waals surface area contributed by atoms with Crippen molar-refractivity contribution in [3.8, 4) is 11.1 Å². The number of nitrogens with one attached hydrogen (secondary N) is 2. The summed E-state index contributed by atoms with van der Waals surface area (Å²) in [5, 5.41) is 14.8. The first-order valence-corrected chi connectivity index (χ1v) is 10.3. The highest BCUT2D eigenvalue weighted by molar-refractivity contribution is 7.89. The van der Waals surface area contributed by atoms with Crippen molar-refractivity contribution in [2.45, 2.75) is 4.90 Å². The smallest absolute Gasteiger partial charge is 0.259 e. The number of thiophene rings is 1. The number of carbonyl (C=O) groups is 1. The number of rotatable bonds is 4. The van der Waals surface area contributed by atoms with E-state index in [4.69, 9.17) is 5.14 Å². The van der Waals surface area contributed by atoms with E-state index < -0.39 is 10.0 Å². The highest BCUT2D eigenvalue weighted by Crippen LogP contribution is 2.33. The Balaban J connectivity index is 1.63. The molecule has 0 unspecified atom stereocenters. The average molecular weight is 398 g/mol. The minimum absolute atomic E-state index is 0.0225. The highest BCUT2D eigenvalue weighted by Gasteiger charge is 2.26. The maximum Gasteiger partial charge on any atom is 0.259 e. The van der Waals surface area contributed by atoms with Crippen molar-refractivity contribution in [2.24, 2.45) is 5.14 Å². The fraction of sp³-hybridized carbons (Fsp3) is 0. The Morgan fingerprint density at radius 2 is 1.93 bits per heavy atom. The number of hydrogen-bond acceptors (Lipinski definition) is 6. The molecule has 1 amide bonds. The third-order valence-electron chi connectivity index (χ3n) is 4.07. The SMILES string of the molecule is NS(=O)(=O)c1ccc(NC=C2C(=O)Nc3ncc(-c4ccsc4)cc32)cc1. The molecule has 0 bridgehead atoms. The Morgan fingerprint density at radius 3 is 2.59 bits per heavy atom. The van der Waals surface area contributed by atoms with E-state index in [-0.39, 0.29) is 10.8 Å². The van der Waals surface area contributed by atoms with Crippen molar-refractivity contribution in [1.29, 1.82) is 0 Å². The molecule has 0 aliphatic carbocycles. The summed E-state index contributed by atoms with van der Waals surface area (Å²) in [6.45, 7) is 0. The number of carbonyl (C=O) groups excluding carboxylic acids is 1. The lowest BCUT2D eigenvalue weighted by Crippen LogP contribution is -2.11. The third-order valence-corrected chi connectivity index (χ3v) is 5.69. The van der Waals surface area contributed by atoms with Crippen LogP contribution in [-0.4, -0.2) is 19.3 Å². The molecule has 3 heterocycles. The summed E-state index contributed by atoms with van der Waals surface area (Å²) in [5.74, 6) is 0.255. The summed E-state index contributed by atoms with van der Waals surface area (Å²) in [6.07, 6.45) is 3.30. The van der Waals surface area contributed by atoms with Crippen molar-refractivity contribution < 1.29 is 13.2 Å². The quantitative estimate of drug-likeness (QED) is 0.585. The summed E-state index contributed by atoms with van der Waals surface area (Å²) in [4.78, 5) is 16.6. The standard InChI is InChI=1S/C18H14N4O3S2/c19-27(24,25)14-3-1-13(2-4-14)20-9-16-15-7-12(11-5-6-26-10-11)8-21-17(15)22-18(16)23/h1-10,20H,(H2,19,24,25)(H,21,22,23). The summed E-state index contributed by atoms with van der Waals surface area (Å²) >= 11 is 1.59. The van der Waals surface area contributed by atoms with Gasteiger partial charge in [0.05, 0.1) is 10.5 Å². The molecule has 1 aliphatic heterocycles. The molecule has 0 fully saturated rings. The van der Waals surface area contributed by atoms with E-state index in [2.05, 4.69) is 15.6 Å². The second-order valence-electron chi connectivity index (χ2n) is 5.86. The minimum Gasteiger partial charge on any atom is -0.361 e. The molecule has 4 N–H and O–H groups in total. The highest BCUT2D eigenvalue weighted by atomic mass is 32.2. The Kier molecular flexibility index (Phi) is 4.27. The van der Waals surface area contributed by atoms with Crippen molar-refractivity contribution in [3.05, 3.63) is 65.1 Å². The molecule has 0 radical (unpaired) electrons. The third kappa shape index (κ3) is 3.47. The Morgan fingerprint density at radius 1 is 1.15 bits per heavy atom. The van der Waals surface area contributed by atoms with Gasteiger partial charge in [0.25, 0.3) is 5.91 Å². The van der Waals surface area contributed by atoms with Gasteiger partial charge in [0.2, 0.25) is 10.0 Å². The summed E-state index contributed by atoms with van der Waals surface area (Å²) < 4.78 is 22.6. The number of amides is 1. The van der Waals surface area contributed by atoms with Crippen LogP contribution in [0.5, 0.6) is 0 Å². The van der Waals surface area contributed by atoms with Crippen molar-refractivity contribution in [1.82, 2.24) is 4.98 Å². The lowest BCUT2D eigenvalue weighted by atomic mass is 10.1. The number of primary sulfonamides is 1. The van der Waals surface area contributed by atoms with Gasteiger partial charge in [-0.1, -0.05) is 0 Å². The number of pyridine rings is 1. The van der Waals surface area contributed by atoms with Gasteiger partial charge in [0.1, 0.15) is 5.82 Å². The van der Waals surface area contributed by atoms with Crippen molar-refractivity contribution in [2.75, 3.05) is 10.6 Å². The fourth-order valence-electron chi connectivity index (χ4n) is 2.69. The molecule has 2 aromatic heterocycles. The first kappa shape index (κ1) is 17.4. The molecule has 1 aromatic carbocycles. The number of hydrogen-bond donors (Lipinski definition) is 3. The van der Waals surface area contributed by atoms with Crippen LogP contribution >= 0.6 is 11.3 Å². The van der Waals surface area contributed by atoms with Gasteiger partial charge in [-0.2, -0.15) is 11.3 Å². The predicted octanol–water partition coefficient (Wildman–Crippen LogP) is 2.86. The van der Waals surface area contributed by atoms with Crippen LogP contribution in [0.15, 0.2) is 64.5 Å². The van der Waals surface area contributed by atoms with E-state index in [1.54, 1.807) is 35.9 Å². The number of nitrogens with two attached hydrogens (primary N) is 1. The van der Waals surface area contributed by atoms with E-state index in [0.29, 0.717) is 22.6 Å². The molecule has 0 saturated carbocycles. The first-order valence-electron chi connectivity index (χ1n) is 7.86. The predicted molar refractivity (Wildman–Crippen MR) is 106 cm³/mol. The number of sulfonamides is 1.